The number of hydrogen-bond donors (Lipinski definition) is 3. The molecule has 2 aromatic heterocycles. The van der Waals surface area contributed by atoms with E-state index in [1.165, 1.54) is 0 Å². The van der Waals surface area contributed by atoms with Gasteiger partial charge >= 0.3 is 5.97 Å². The van der Waals surface area contributed by atoms with E-state index in [4.69, 9.17) is 4.98 Å². The highest BCUT2D eigenvalue weighted by Crippen LogP contribution is 2.28. The van der Waals surface area contributed by atoms with Gasteiger partial charge in [-0.1, -0.05) is 43.3 Å². The van der Waals surface area contributed by atoms with Crippen molar-refractivity contribution >= 4 is 33.7 Å². The molecule has 1 aliphatic heterocycles. The molecule has 1 unspecified atom stereocenters. The Morgan fingerprint density at radius 1 is 1.15 bits per heavy atom. The minimum absolute atomic E-state index is 0.192. The summed E-state index contributed by atoms with van der Waals surface area (Å²) in [5, 5.41) is 14.5. The smallest absolute Gasteiger partial charge is 0.326 e. The molecule has 4 aromatic rings. The number of pyridine rings is 1. The first-order valence-corrected chi connectivity index (χ1v) is 11.3. The molecule has 5 rings (SSSR count). The van der Waals surface area contributed by atoms with Crippen LogP contribution < -0.4 is 5.32 Å². The molecule has 0 aliphatic carbocycles. The number of likely N-dealkylation sites (N-methyl/N-ethyl adjacent to an activating group) is 1. The molecule has 2 aromatic carbocycles. The molecule has 7 heteroatoms. The molecule has 0 fully saturated rings. The fraction of sp³-hybridized carbons (Fsp3) is 0.269. The van der Waals surface area contributed by atoms with Crippen LogP contribution in [0.1, 0.15) is 34.1 Å². The summed E-state index contributed by atoms with van der Waals surface area (Å²) < 4.78 is 0. The van der Waals surface area contributed by atoms with Crippen LogP contribution in [-0.2, 0) is 24.2 Å². The van der Waals surface area contributed by atoms with Gasteiger partial charge in [-0.3, -0.25) is 14.7 Å². The van der Waals surface area contributed by atoms with Crippen molar-refractivity contribution in [3.05, 3.63) is 77.1 Å². The molecule has 3 heterocycles. The van der Waals surface area contributed by atoms with E-state index in [0.717, 1.165) is 58.1 Å². The lowest BCUT2D eigenvalue weighted by atomic mass is 9.94. The number of aromatic nitrogens is 2. The quantitative estimate of drug-likeness (QED) is 0.424. The zero-order chi connectivity index (χ0) is 22.9. The van der Waals surface area contributed by atoms with Crippen LogP contribution in [0.2, 0.25) is 0 Å². The standard InChI is InChI=1S/C26H26N4O3/c1-2-30-12-11-22-19(15-30)24(18-8-4-6-10-21(18)28-22)25(31)29-23(26(32)33)13-16-14-27-20-9-5-3-7-17(16)20/h3-10,14,23,27H,2,11-13,15H2,1H3,(H,29,31)(H,32,33). The van der Waals surface area contributed by atoms with Crippen LogP contribution >= 0.6 is 0 Å². The van der Waals surface area contributed by atoms with Gasteiger partial charge in [-0.05, 0) is 24.2 Å². The highest BCUT2D eigenvalue weighted by Gasteiger charge is 2.28. The number of carbonyl (C=O) groups excluding carboxylic acids is 1. The second kappa shape index (κ2) is 8.67. The van der Waals surface area contributed by atoms with E-state index in [1.807, 2.05) is 54.7 Å². The third-order valence-corrected chi connectivity index (χ3v) is 6.50. The van der Waals surface area contributed by atoms with Gasteiger partial charge in [-0.2, -0.15) is 0 Å². The topological polar surface area (TPSA) is 98.3 Å². The summed E-state index contributed by atoms with van der Waals surface area (Å²) in [4.78, 5) is 36.0. The van der Waals surface area contributed by atoms with Gasteiger partial charge in [0.2, 0.25) is 0 Å². The van der Waals surface area contributed by atoms with Crippen molar-refractivity contribution in [1.29, 1.82) is 0 Å². The Labute approximate surface area is 191 Å². The first-order chi connectivity index (χ1) is 16.0. The van der Waals surface area contributed by atoms with E-state index in [0.29, 0.717) is 12.1 Å². The number of amides is 1. The van der Waals surface area contributed by atoms with Gasteiger partial charge in [-0.25, -0.2) is 4.79 Å². The van der Waals surface area contributed by atoms with Gasteiger partial charge in [-0.15, -0.1) is 0 Å². The molecule has 1 amide bonds. The van der Waals surface area contributed by atoms with Crippen LogP contribution in [0.3, 0.4) is 0 Å². The number of carboxylic acid groups (broad SMARTS) is 1. The minimum Gasteiger partial charge on any atom is -0.480 e. The Hall–Kier alpha value is -3.71. The average Bonchev–Trinajstić information content (AvgIpc) is 3.24. The van der Waals surface area contributed by atoms with Crippen molar-refractivity contribution in [3.8, 4) is 0 Å². The van der Waals surface area contributed by atoms with Crippen LogP contribution in [0.4, 0.5) is 0 Å². The summed E-state index contributed by atoms with van der Waals surface area (Å²) >= 11 is 0. The maximum Gasteiger partial charge on any atom is 0.326 e. The van der Waals surface area contributed by atoms with E-state index < -0.39 is 12.0 Å². The van der Waals surface area contributed by atoms with E-state index in [9.17, 15) is 14.7 Å². The molecule has 1 aliphatic rings. The lowest BCUT2D eigenvalue weighted by Gasteiger charge is -2.29. The molecular weight excluding hydrogens is 416 g/mol. The summed E-state index contributed by atoms with van der Waals surface area (Å²) in [6.07, 6.45) is 2.78. The Kier molecular flexibility index (Phi) is 5.56. The van der Waals surface area contributed by atoms with Crippen LogP contribution in [0, 0.1) is 0 Å². The number of aromatic amines is 1. The van der Waals surface area contributed by atoms with E-state index >= 15 is 0 Å². The molecule has 168 valence electrons. The van der Waals surface area contributed by atoms with Crippen molar-refractivity contribution in [2.45, 2.75) is 32.4 Å². The third kappa shape index (κ3) is 3.96. The van der Waals surface area contributed by atoms with Gasteiger partial charge in [0.25, 0.3) is 5.91 Å². The van der Waals surface area contributed by atoms with Gasteiger partial charge in [0.05, 0.1) is 11.1 Å². The van der Waals surface area contributed by atoms with Crippen LogP contribution in [0.5, 0.6) is 0 Å². The predicted molar refractivity (Wildman–Crippen MR) is 127 cm³/mol. The van der Waals surface area contributed by atoms with Crippen molar-refractivity contribution in [2.24, 2.45) is 0 Å². The number of hydrogen-bond acceptors (Lipinski definition) is 4. The average molecular weight is 443 g/mol. The molecule has 0 bridgehead atoms. The number of fused-ring (bicyclic) bond motifs is 3. The Morgan fingerprint density at radius 2 is 1.91 bits per heavy atom. The molecule has 1 atom stereocenters. The van der Waals surface area contributed by atoms with Crippen molar-refractivity contribution in [1.82, 2.24) is 20.2 Å². The largest absolute Gasteiger partial charge is 0.480 e. The zero-order valence-electron chi connectivity index (χ0n) is 18.5. The van der Waals surface area contributed by atoms with Crippen molar-refractivity contribution in [3.63, 3.8) is 0 Å². The molecule has 0 saturated carbocycles. The molecule has 0 saturated heterocycles. The molecule has 0 radical (unpaired) electrons. The molecule has 7 nitrogen and oxygen atoms in total. The zero-order valence-corrected chi connectivity index (χ0v) is 18.5. The molecule has 0 spiro atoms. The van der Waals surface area contributed by atoms with E-state index in [1.54, 1.807) is 0 Å². The Balaban J connectivity index is 1.51. The summed E-state index contributed by atoms with van der Waals surface area (Å²) in [5.41, 5.74) is 4.92. The summed E-state index contributed by atoms with van der Waals surface area (Å²) in [6, 6.07) is 14.3. The summed E-state index contributed by atoms with van der Waals surface area (Å²) in [7, 11) is 0. The highest BCUT2D eigenvalue weighted by atomic mass is 16.4. The van der Waals surface area contributed by atoms with Crippen molar-refractivity contribution < 1.29 is 14.7 Å². The van der Waals surface area contributed by atoms with E-state index in [-0.39, 0.29) is 12.3 Å². The highest BCUT2D eigenvalue weighted by molar-refractivity contribution is 6.08. The second-order valence-corrected chi connectivity index (χ2v) is 8.48. The molecular formula is C26H26N4O3. The van der Waals surface area contributed by atoms with Crippen LogP contribution in [-0.4, -0.2) is 51.0 Å². The number of benzene rings is 2. The SMILES string of the molecule is CCN1CCc2nc3ccccc3c(C(=O)NC(Cc3c[nH]c4ccccc34)C(=O)O)c2C1. The first-order valence-electron chi connectivity index (χ1n) is 11.3. The number of nitrogens with one attached hydrogen (secondary N) is 2. The first kappa shape index (κ1) is 21.2. The fourth-order valence-electron chi connectivity index (χ4n) is 4.73. The fourth-order valence-corrected chi connectivity index (χ4v) is 4.73. The molecule has 3 N–H and O–H groups in total. The second-order valence-electron chi connectivity index (χ2n) is 8.48. The number of carbonyl (C=O) groups is 2. The number of rotatable bonds is 6. The Morgan fingerprint density at radius 3 is 2.70 bits per heavy atom. The third-order valence-electron chi connectivity index (χ3n) is 6.50. The van der Waals surface area contributed by atoms with Crippen LogP contribution in [0.25, 0.3) is 21.8 Å². The number of para-hydroxylation sites is 2. The Bertz CT molecular complexity index is 1360. The molecule has 33 heavy (non-hydrogen) atoms. The van der Waals surface area contributed by atoms with Crippen molar-refractivity contribution in [2.75, 3.05) is 13.1 Å². The maximum atomic E-state index is 13.6. The van der Waals surface area contributed by atoms with Crippen LogP contribution in [0.15, 0.2) is 54.7 Å². The maximum absolute atomic E-state index is 13.6. The monoisotopic (exact) mass is 442 g/mol. The number of aliphatic carboxylic acids is 1. The predicted octanol–water partition coefficient (Wildman–Crippen LogP) is 3.52. The number of H-pyrrole nitrogens is 1. The lowest BCUT2D eigenvalue weighted by Crippen LogP contribution is -2.43. The lowest BCUT2D eigenvalue weighted by molar-refractivity contribution is -0.139. The van der Waals surface area contributed by atoms with Gasteiger partial charge in [0.1, 0.15) is 6.04 Å². The van der Waals surface area contributed by atoms with Gasteiger partial charge < -0.3 is 15.4 Å². The number of carboxylic acids is 1. The number of nitrogens with zero attached hydrogens (tertiary/aromatic N) is 2. The van der Waals surface area contributed by atoms with Gasteiger partial charge in [0, 0.05) is 59.7 Å². The van der Waals surface area contributed by atoms with Gasteiger partial charge in [0.15, 0.2) is 0 Å². The summed E-state index contributed by atoms with van der Waals surface area (Å²) in [6.45, 7) is 4.51. The summed E-state index contributed by atoms with van der Waals surface area (Å²) in [5.74, 6) is -1.42. The normalized spacial score (nSPS) is 14.8. The van der Waals surface area contributed by atoms with E-state index in [2.05, 4.69) is 22.1 Å². The minimum atomic E-state index is -1.06.